The predicted octanol–water partition coefficient (Wildman–Crippen LogP) is 10.1. The Morgan fingerprint density at radius 1 is 0.571 bits per heavy atom. The van der Waals surface area contributed by atoms with Crippen LogP contribution < -0.4 is 10.6 Å². The molecule has 2 aromatic rings. The Labute approximate surface area is 254 Å². The first kappa shape index (κ1) is 35.1. The van der Waals surface area contributed by atoms with Gasteiger partial charge in [-0.3, -0.25) is 10.6 Å². The van der Waals surface area contributed by atoms with E-state index in [0.29, 0.717) is 18.0 Å². The second-order valence-corrected chi connectivity index (χ2v) is 11.0. The van der Waals surface area contributed by atoms with E-state index in [0.717, 1.165) is 12.8 Å². The van der Waals surface area contributed by atoms with Crippen molar-refractivity contribution in [2.24, 2.45) is 0 Å². The number of carbonyl (C=O) groups excluding carboxylic acids is 2. The monoisotopic (exact) mass is 582 g/mol. The zero-order chi connectivity index (χ0) is 29.9. The molecule has 0 saturated heterocycles. The third-order valence-corrected chi connectivity index (χ3v) is 7.16. The Balaban J connectivity index is 1.53. The summed E-state index contributed by atoms with van der Waals surface area (Å²) in [5.41, 5.74) is 1.25. The van der Waals surface area contributed by atoms with E-state index in [1.54, 1.807) is 24.3 Å². The van der Waals surface area contributed by atoms with E-state index >= 15 is 0 Å². The molecule has 0 aliphatic rings. The van der Waals surface area contributed by atoms with Gasteiger partial charge in [-0.25, -0.2) is 9.59 Å². The highest BCUT2D eigenvalue weighted by Gasteiger charge is 2.18. The molecular weight excluding hydrogens is 528 g/mol. The molecular formula is C35H54N2O5. The van der Waals surface area contributed by atoms with Gasteiger partial charge in [-0.2, -0.15) is 0 Å². The Kier molecular flexibility index (Phi) is 20.5. The van der Waals surface area contributed by atoms with Crippen LogP contribution in [0.2, 0.25) is 0 Å². The van der Waals surface area contributed by atoms with Gasteiger partial charge >= 0.3 is 12.2 Å². The SMILES string of the molecule is CCCCCCCCCCCCCCCCCCOC[C@H](COC(=O)Nc1ccccc1)OC(=O)Nc1ccccc1. The number of rotatable bonds is 24. The van der Waals surface area contributed by atoms with Crippen LogP contribution in [-0.2, 0) is 14.2 Å². The molecule has 0 spiro atoms. The first-order valence-corrected chi connectivity index (χ1v) is 16.3. The number of amides is 2. The standard InChI is InChI=1S/C35H54N2O5/c1-2-3-4-5-6-7-8-9-10-11-12-13-14-15-16-23-28-40-29-33(42-35(39)37-32-26-21-18-22-27-32)30-41-34(38)36-31-24-19-17-20-25-31/h17-22,24-27,33H,2-16,23,28-30H2,1H3,(H,36,38)(H,37,39)/t33-/m1/s1. The van der Waals surface area contributed by atoms with Gasteiger partial charge in [0.2, 0.25) is 0 Å². The fourth-order valence-electron chi connectivity index (χ4n) is 4.75. The van der Waals surface area contributed by atoms with Crippen LogP contribution in [0.1, 0.15) is 110 Å². The van der Waals surface area contributed by atoms with Gasteiger partial charge in [0, 0.05) is 18.0 Å². The Morgan fingerprint density at radius 2 is 1.00 bits per heavy atom. The number of unbranched alkanes of at least 4 members (excludes halogenated alkanes) is 15. The minimum Gasteiger partial charge on any atom is -0.445 e. The van der Waals surface area contributed by atoms with E-state index in [9.17, 15) is 9.59 Å². The Bertz CT molecular complexity index is 925. The maximum absolute atomic E-state index is 12.4. The van der Waals surface area contributed by atoms with Crippen molar-refractivity contribution < 1.29 is 23.8 Å². The van der Waals surface area contributed by atoms with E-state index in [-0.39, 0.29) is 13.2 Å². The van der Waals surface area contributed by atoms with Crippen molar-refractivity contribution in [1.82, 2.24) is 0 Å². The molecule has 42 heavy (non-hydrogen) atoms. The molecule has 2 N–H and O–H groups in total. The molecule has 2 aromatic carbocycles. The van der Waals surface area contributed by atoms with Gasteiger partial charge in [0.15, 0.2) is 6.10 Å². The molecule has 0 unspecified atom stereocenters. The fourth-order valence-corrected chi connectivity index (χ4v) is 4.75. The molecule has 0 heterocycles. The van der Waals surface area contributed by atoms with Crippen molar-refractivity contribution in [2.75, 3.05) is 30.5 Å². The summed E-state index contributed by atoms with van der Waals surface area (Å²) >= 11 is 0. The van der Waals surface area contributed by atoms with E-state index in [1.165, 1.54) is 89.9 Å². The molecule has 0 aromatic heterocycles. The third-order valence-electron chi connectivity index (χ3n) is 7.16. The molecule has 0 fully saturated rings. The van der Waals surface area contributed by atoms with E-state index in [1.807, 2.05) is 36.4 Å². The minimum atomic E-state index is -0.726. The van der Waals surface area contributed by atoms with Crippen molar-refractivity contribution >= 4 is 23.6 Å². The maximum Gasteiger partial charge on any atom is 0.412 e. The third kappa shape index (κ3) is 19.1. The summed E-state index contributed by atoms with van der Waals surface area (Å²) in [5.74, 6) is 0. The number of para-hydroxylation sites is 2. The lowest BCUT2D eigenvalue weighted by Crippen LogP contribution is -2.32. The number of carbonyl (C=O) groups is 2. The van der Waals surface area contributed by atoms with Gasteiger partial charge in [0.1, 0.15) is 6.61 Å². The summed E-state index contributed by atoms with van der Waals surface area (Å²) in [7, 11) is 0. The molecule has 0 aliphatic heterocycles. The predicted molar refractivity (Wildman–Crippen MR) is 172 cm³/mol. The highest BCUT2D eigenvalue weighted by Crippen LogP contribution is 2.14. The summed E-state index contributed by atoms with van der Waals surface area (Å²) in [6.45, 7) is 2.89. The van der Waals surface area contributed by atoms with Crippen LogP contribution >= 0.6 is 0 Å². The number of hydrogen-bond donors (Lipinski definition) is 2. The maximum atomic E-state index is 12.4. The molecule has 2 rings (SSSR count). The topological polar surface area (TPSA) is 85.9 Å². The van der Waals surface area contributed by atoms with Crippen molar-refractivity contribution in [3.63, 3.8) is 0 Å². The van der Waals surface area contributed by atoms with Crippen molar-refractivity contribution in [3.05, 3.63) is 60.7 Å². The van der Waals surface area contributed by atoms with Gasteiger partial charge < -0.3 is 14.2 Å². The number of ether oxygens (including phenoxy) is 3. The van der Waals surface area contributed by atoms with Gasteiger partial charge in [-0.05, 0) is 30.7 Å². The molecule has 234 valence electrons. The van der Waals surface area contributed by atoms with Gasteiger partial charge in [0.25, 0.3) is 0 Å². The number of nitrogens with one attached hydrogen (secondary N) is 2. The molecule has 0 saturated carbocycles. The highest BCUT2D eigenvalue weighted by atomic mass is 16.6. The van der Waals surface area contributed by atoms with Crippen LogP contribution in [0, 0.1) is 0 Å². The fraction of sp³-hybridized carbons (Fsp3) is 0.600. The smallest absolute Gasteiger partial charge is 0.412 e. The first-order chi connectivity index (χ1) is 20.7. The van der Waals surface area contributed by atoms with Crippen LogP contribution in [-0.4, -0.2) is 38.1 Å². The summed E-state index contributed by atoms with van der Waals surface area (Å²) in [6, 6.07) is 18.1. The molecule has 7 heteroatoms. The van der Waals surface area contributed by atoms with Crippen LogP contribution in [0.3, 0.4) is 0 Å². The minimum absolute atomic E-state index is 0.111. The Hall–Kier alpha value is -3.06. The van der Waals surface area contributed by atoms with Crippen LogP contribution in [0.5, 0.6) is 0 Å². The van der Waals surface area contributed by atoms with Crippen molar-refractivity contribution in [3.8, 4) is 0 Å². The summed E-state index contributed by atoms with van der Waals surface area (Å²) < 4.78 is 16.6. The molecule has 0 aliphatic carbocycles. The first-order valence-electron chi connectivity index (χ1n) is 16.3. The second-order valence-electron chi connectivity index (χ2n) is 11.0. The zero-order valence-electron chi connectivity index (χ0n) is 25.8. The molecule has 0 bridgehead atoms. The lowest BCUT2D eigenvalue weighted by molar-refractivity contribution is -0.00628. The molecule has 1 atom stereocenters. The van der Waals surface area contributed by atoms with Crippen LogP contribution in [0.15, 0.2) is 60.7 Å². The van der Waals surface area contributed by atoms with E-state index in [2.05, 4.69) is 17.6 Å². The molecule has 0 radical (unpaired) electrons. The highest BCUT2D eigenvalue weighted by molar-refractivity contribution is 5.85. The van der Waals surface area contributed by atoms with Gasteiger partial charge in [-0.15, -0.1) is 0 Å². The van der Waals surface area contributed by atoms with E-state index < -0.39 is 18.3 Å². The Morgan fingerprint density at radius 3 is 1.48 bits per heavy atom. The van der Waals surface area contributed by atoms with Crippen LogP contribution in [0.25, 0.3) is 0 Å². The van der Waals surface area contributed by atoms with Crippen molar-refractivity contribution in [1.29, 1.82) is 0 Å². The van der Waals surface area contributed by atoms with Crippen LogP contribution in [0.4, 0.5) is 21.0 Å². The lowest BCUT2D eigenvalue weighted by atomic mass is 10.0. The largest absolute Gasteiger partial charge is 0.445 e. The summed E-state index contributed by atoms with van der Waals surface area (Å²) in [6.07, 6.45) is 19.2. The lowest BCUT2D eigenvalue weighted by Gasteiger charge is -2.19. The number of anilines is 2. The second kappa shape index (κ2) is 24.5. The van der Waals surface area contributed by atoms with Gasteiger partial charge in [-0.1, -0.05) is 140 Å². The van der Waals surface area contributed by atoms with Crippen molar-refractivity contribution in [2.45, 2.75) is 116 Å². The summed E-state index contributed by atoms with van der Waals surface area (Å²) in [5, 5.41) is 5.35. The molecule has 7 nitrogen and oxygen atoms in total. The zero-order valence-corrected chi connectivity index (χ0v) is 25.8. The molecule has 2 amide bonds. The van der Waals surface area contributed by atoms with E-state index in [4.69, 9.17) is 14.2 Å². The number of benzene rings is 2. The van der Waals surface area contributed by atoms with Gasteiger partial charge in [0.05, 0.1) is 6.61 Å². The average Bonchev–Trinajstić information content (AvgIpc) is 3.00. The quantitative estimate of drug-likeness (QED) is 0.120. The number of hydrogen-bond acceptors (Lipinski definition) is 5. The average molecular weight is 583 g/mol. The summed E-state index contributed by atoms with van der Waals surface area (Å²) in [4.78, 5) is 24.6. The normalized spacial score (nSPS) is 11.5.